The van der Waals surface area contributed by atoms with Crippen molar-refractivity contribution in [2.45, 2.75) is 33.2 Å². The van der Waals surface area contributed by atoms with Crippen LogP contribution in [0.4, 0.5) is 0 Å². The van der Waals surface area contributed by atoms with Crippen LogP contribution in [0.15, 0.2) is 5.57 Å². The highest BCUT2D eigenvalue weighted by molar-refractivity contribution is 6.32. The molecule has 16 heavy (non-hydrogen) atoms. The van der Waals surface area contributed by atoms with Gasteiger partial charge in [-0.2, -0.15) is 5.10 Å². The average molecular weight is 240 g/mol. The molecule has 0 bridgehead atoms. The smallest absolute Gasteiger partial charge is 0.0891 e. The molecule has 0 aliphatic carbocycles. The minimum Gasteiger partial charge on any atom is -0.313 e. The lowest BCUT2D eigenvalue weighted by atomic mass is 10.2. The van der Waals surface area contributed by atoms with Gasteiger partial charge in [-0.15, -0.1) is 0 Å². The third-order valence-electron chi connectivity index (χ3n) is 2.95. The summed E-state index contributed by atoms with van der Waals surface area (Å²) in [7, 11) is 0. The van der Waals surface area contributed by atoms with Crippen molar-refractivity contribution in [2.24, 2.45) is 0 Å². The van der Waals surface area contributed by atoms with Crippen molar-refractivity contribution in [1.29, 1.82) is 0 Å². The van der Waals surface area contributed by atoms with Crippen LogP contribution in [-0.2, 0) is 13.0 Å². The maximum Gasteiger partial charge on any atom is 0.0891 e. The van der Waals surface area contributed by atoms with Crippen molar-refractivity contribution in [3.63, 3.8) is 0 Å². The van der Waals surface area contributed by atoms with Gasteiger partial charge >= 0.3 is 0 Å². The molecular formula is C12H18ClN3. The van der Waals surface area contributed by atoms with Crippen molar-refractivity contribution < 1.29 is 0 Å². The van der Waals surface area contributed by atoms with Crippen molar-refractivity contribution in [2.75, 3.05) is 13.1 Å². The minimum absolute atomic E-state index is 0.823. The maximum absolute atomic E-state index is 6.34. The summed E-state index contributed by atoms with van der Waals surface area (Å²) in [6.45, 7) is 7.10. The van der Waals surface area contributed by atoms with E-state index in [0.29, 0.717) is 0 Å². The predicted octanol–water partition coefficient (Wildman–Crippen LogP) is 2.50. The number of hydrogen-bond acceptors (Lipinski definition) is 2. The van der Waals surface area contributed by atoms with E-state index < -0.39 is 0 Å². The number of halogens is 1. The second kappa shape index (κ2) is 5.02. The Morgan fingerprint density at radius 2 is 2.31 bits per heavy atom. The van der Waals surface area contributed by atoms with E-state index in [-0.39, 0.29) is 0 Å². The normalized spacial score (nSPS) is 18.6. The molecule has 1 aliphatic rings. The van der Waals surface area contributed by atoms with E-state index in [1.165, 1.54) is 5.57 Å². The van der Waals surface area contributed by atoms with Crippen LogP contribution in [0, 0.1) is 0 Å². The molecule has 0 saturated carbocycles. The summed E-state index contributed by atoms with van der Waals surface area (Å²) in [5, 5.41) is 8.66. The van der Waals surface area contributed by atoms with E-state index in [2.05, 4.69) is 30.3 Å². The molecular weight excluding hydrogens is 222 g/mol. The van der Waals surface area contributed by atoms with Crippen LogP contribution >= 0.6 is 11.6 Å². The first-order chi connectivity index (χ1) is 7.76. The van der Waals surface area contributed by atoms with Gasteiger partial charge in [0.25, 0.3) is 0 Å². The summed E-state index contributed by atoms with van der Waals surface area (Å²) >= 11 is 6.34. The Balaban J connectivity index is 2.37. The molecule has 2 heterocycles. The highest BCUT2D eigenvalue weighted by Crippen LogP contribution is 2.25. The molecule has 0 spiro atoms. The van der Waals surface area contributed by atoms with Gasteiger partial charge < -0.3 is 5.32 Å². The Hall–Kier alpha value is -0.800. The molecule has 1 saturated heterocycles. The topological polar surface area (TPSA) is 29.9 Å². The van der Waals surface area contributed by atoms with E-state index in [1.54, 1.807) is 0 Å². The lowest BCUT2D eigenvalue weighted by Crippen LogP contribution is -2.05. The van der Waals surface area contributed by atoms with Crippen LogP contribution in [0.1, 0.15) is 31.7 Å². The molecule has 88 valence electrons. The van der Waals surface area contributed by atoms with Crippen LogP contribution in [0.2, 0.25) is 5.02 Å². The van der Waals surface area contributed by atoms with E-state index in [0.717, 1.165) is 48.9 Å². The minimum atomic E-state index is 0.823. The largest absolute Gasteiger partial charge is 0.313 e. The molecule has 2 rings (SSSR count). The van der Waals surface area contributed by atoms with Crippen molar-refractivity contribution in [1.82, 2.24) is 15.1 Å². The zero-order chi connectivity index (χ0) is 11.5. The van der Waals surface area contributed by atoms with Crippen molar-refractivity contribution in [3.8, 4) is 0 Å². The first-order valence-electron chi connectivity index (χ1n) is 5.91. The summed E-state index contributed by atoms with van der Waals surface area (Å²) in [6.07, 6.45) is 4.20. The monoisotopic (exact) mass is 239 g/mol. The van der Waals surface area contributed by atoms with Gasteiger partial charge in [-0.05, 0) is 32.4 Å². The van der Waals surface area contributed by atoms with Crippen molar-refractivity contribution >= 4 is 17.7 Å². The van der Waals surface area contributed by atoms with E-state index >= 15 is 0 Å². The Labute approximate surface area is 101 Å². The van der Waals surface area contributed by atoms with E-state index in [4.69, 9.17) is 11.6 Å². The molecule has 0 radical (unpaired) electrons. The fraction of sp³-hybridized carbons (Fsp3) is 0.583. The zero-order valence-electron chi connectivity index (χ0n) is 9.89. The summed E-state index contributed by atoms with van der Waals surface area (Å²) in [5.74, 6) is 0. The molecule has 1 aromatic rings. The summed E-state index contributed by atoms with van der Waals surface area (Å²) < 4.78 is 1.99. The van der Waals surface area contributed by atoms with Crippen LogP contribution in [0.3, 0.4) is 0 Å². The molecule has 1 N–H and O–H groups in total. The molecule has 3 nitrogen and oxygen atoms in total. The molecule has 4 heteroatoms. The van der Waals surface area contributed by atoms with Crippen LogP contribution in [0.25, 0.3) is 6.08 Å². The fourth-order valence-corrected chi connectivity index (χ4v) is 2.34. The van der Waals surface area contributed by atoms with Gasteiger partial charge in [-0.25, -0.2) is 0 Å². The van der Waals surface area contributed by atoms with Gasteiger partial charge in [0.1, 0.15) is 0 Å². The molecule has 0 aromatic carbocycles. The fourth-order valence-electron chi connectivity index (χ4n) is 2.01. The standard InChI is InChI=1S/C12H18ClN3/c1-3-10-12(13)11(16(4-2)15-10)7-9-5-6-14-8-9/h7,14H,3-6,8H2,1-2H3. The molecule has 1 aromatic heterocycles. The number of nitrogens with one attached hydrogen (secondary N) is 1. The van der Waals surface area contributed by atoms with Crippen LogP contribution in [0.5, 0.6) is 0 Å². The third-order valence-corrected chi connectivity index (χ3v) is 3.36. The Morgan fingerprint density at radius 1 is 1.50 bits per heavy atom. The second-order valence-electron chi connectivity index (χ2n) is 4.04. The zero-order valence-corrected chi connectivity index (χ0v) is 10.6. The number of hydrogen-bond donors (Lipinski definition) is 1. The molecule has 1 aliphatic heterocycles. The molecule has 0 atom stereocenters. The maximum atomic E-state index is 6.34. The summed E-state index contributed by atoms with van der Waals surface area (Å²) in [4.78, 5) is 0. The van der Waals surface area contributed by atoms with Crippen molar-refractivity contribution in [3.05, 3.63) is 22.0 Å². The lowest BCUT2D eigenvalue weighted by molar-refractivity contribution is 0.642. The summed E-state index contributed by atoms with van der Waals surface area (Å²) in [6, 6.07) is 0. The van der Waals surface area contributed by atoms with Gasteiger partial charge in [0, 0.05) is 13.1 Å². The number of rotatable bonds is 3. The Morgan fingerprint density at radius 3 is 2.88 bits per heavy atom. The first kappa shape index (κ1) is 11.7. The van der Waals surface area contributed by atoms with Gasteiger partial charge in [-0.1, -0.05) is 24.1 Å². The van der Waals surface area contributed by atoms with Crippen LogP contribution in [-0.4, -0.2) is 22.9 Å². The number of aryl methyl sites for hydroxylation is 2. The average Bonchev–Trinajstić information content (AvgIpc) is 2.89. The molecule has 0 unspecified atom stereocenters. The van der Waals surface area contributed by atoms with Gasteiger partial charge in [0.15, 0.2) is 0 Å². The van der Waals surface area contributed by atoms with Gasteiger partial charge in [0.2, 0.25) is 0 Å². The van der Waals surface area contributed by atoms with Gasteiger partial charge in [0.05, 0.1) is 16.4 Å². The Kier molecular flexibility index (Phi) is 3.66. The second-order valence-corrected chi connectivity index (χ2v) is 4.42. The lowest BCUT2D eigenvalue weighted by Gasteiger charge is -2.01. The van der Waals surface area contributed by atoms with Crippen LogP contribution < -0.4 is 5.32 Å². The first-order valence-corrected chi connectivity index (χ1v) is 6.29. The van der Waals surface area contributed by atoms with E-state index in [9.17, 15) is 0 Å². The quantitative estimate of drug-likeness (QED) is 0.879. The summed E-state index contributed by atoms with van der Waals surface area (Å²) in [5.41, 5.74) is 3.49. The highest BCUT2D eigenvalue weighted by Gasteiger charge is 2.14. The third kappa shape index (κ3) is 2.15. The highest BCUT2D eigenvalue weighted by atomic mass is 35.5. The predicted molar refractivity (Wildman–Crippen MR) is 67.8 cm³/mol. The Bertz CT molecular complexity index is 399. The molecule has 0 amide bonds. The number of aromatic nitrogens is 2. The molecule has 1 fully saturated rings. The number of nitrogens with zero attached hydrogens (tertiary/aromatic N) is 2. The van der Waals surface area contributed by atoms with Gasteiger partial charge in [-0.3, -0.25) is 4.68 Å². The van der Waals surface area contributed by atoms with E-state index in [1.807, 2.05) is 4.68 Å². The SMILES string of the molecule is CCc1nn(CC)c(C=C2CCNC2)c1Cl.